The van der Waals surface area contributed by atoms with Crippen molar-refractivity contribution in [3.05, 3.63) is 66.7 Å². The fraction of sp³-hybridized carbons (Fsp3) is 0.0667. The average Bonchev–Trinajstić information content (AvgIpc) is 2.91. The van der Waals surface area contributed by atoms with Crippen LogP contribution < -0.4 is 0 Å². The molecular formula is C15H12N2O. The van der Waals surface area contributed by atoms with Crippen LogP contribution >= 0.6 is 0 Å². The first-order chi connectivity index (χ1) is 8.83. The Morgan fingerprint density at radius 2 is 1.94 bits per heavy atom. The largest absolute Gasteiger partial charge is 0.330 e. The number of fused-ring (bicyclic) bond motifs is 1. The standard InChI is InChI=1S/C15H12N2O/c18-15(10-17-8-7-16-11-17)14-6-5-12-3-1-2-4-13(12)9-14/h1-9,11H,10H2. The van der Waals surface area contributed by atoms with Crippen LogP contribution in [-0.4, -0.2) is 15.3 Å². The molecule has 0 atom stereocenters. The molecule has 0 N–H and O–H groups in total. The minimum Gasteiger partial charge on any atom is -0.330 e. The van der Waals surface area contributed by atoms with E-state index in [1.54, 1.807) is 23.3 Å². The third kappa shape index (κ3) is 2.02. The summed E-state index contributed by atoms with van der Waals surface area (Å²) in [6.45, 7) is 0.332. The van der Waals surface area contributed by atoms with Gasteiger partial charge in [-0.25, -0.2) is 4.98 Å². The van der Waals surface area contributed by atoms with Crippen molar-refractivity contribution in [2.45, 2.75) is 6.54 Å². The Balaban J connectivity index is 1.92. The maximum Gasteiger partial charge on any atom is 0.182 e. The molecule has 0 spiro atoms. The second-order valence-electron chi connectivity index (χ2n) is 4.22. The predicted molar refractivity (Wildman–Crippen MR) is 70.5 cm³/mol. The molecule has 0 aliphatic heterocycles. The van der Waals surface area contributed by atoms with Crippen molar-refractivity contribution in [3.8, 4) is 0 Å². The van der Waals surface area contributed by atoms with Crippen molar-refractivity contribution in [2.24, 2.45) is 0 Å². The summed E-state index contributed by atoms with van der Waals surface area (Å²) in [5, 5.41) is 2.24. The van der Waals surface area contributed by atoms with Gasteiger partial charge in [-0.05, 0) is 16.8 Å². The number of carbonyl (C=O) groups excluding carboxylic acids is 1. The molecule has 0 radical (unpaired) electrons. The summed E-state index contributed by atoms with van der Waals surface area (Å²) in [5.74, 6) is 0.0961. The highest BCUT2D eigenvalue weighted by molar-refractivity contribution is 5.99. The zero-order valence-corrected chi connectivity index (χ0v) is 9.78. The number of imidazole rings is 1. The maximum absolute atomic E-state index is 12.1. The number of carbonyl (C=O) groups is 1. The van der Waals surface area contributed by atoms with Gasteiger partial charge in [0.15, 0.2) is 5.78 Å². The predicted octanol–water partition coefficient (Wildman–Crippen LogP) is 2.92. The van der Waals surface area contributed by atoms with Crippen LogP contribution in [0.2, 0.25) is 0 Å². The summed E-state index contributed by atoms with van der Waals surface area (Å²) >= 11 is 0. The lowest BCUT2D eigenvalue weighted by Crippen LogP contribution is -2.08. The molecule has 0 amide bonds. The average molecular weight is 236 g/mol. The quantitative estimate of drug-likeness (QED) is 0.655. The molecule has 0 saturated heterocycles. The smallest absolute Gasteiger partial charge is 0.182 e. The van der Waals surface area contributed by atoms with Crippen LogP contribution in [0.25, 0.3) is 10.8 Å². The van der Waals surface area contributed by atoms with Crippen molar-refractivity contribution in [2.75, 3.05) is 0 Å². The second-order valence-corrected chi connectivity index (χ2v) is 4.22. The summed E-state index contributed by atoms with van der Waals surface area (Å²) in [5.41, 5.74) is 0.738. The summed E-state index contributed by atoms with van der Waals surface area (Å²) in [6.07, 6.45) is 5.12. The number of rotatable bonds is 3. The Labute approximate surface area is 105 Å². The first-order valence-corrected chi connectivity index (χ1v) is 5.81. The molecule has 0 unspecified atom stereocenters. The van der Waals surface area contributed by atoms with E-state index in [2.05, 4.69) is 4.98 Å². The molecule has 88 valence electrons. The number of hydrogen-bond donors (Lipinski definition) is 0. The van der Waals surface area contributed by atoms with Gasteiger partial charge in [-0.3, -0.25) is 4.79 Å². The lowest BCUT2D eigenvalue weighted by molar-refractivity contribution is 0.0972. The van der Waals surface area contributed by atoms with E-state index >= 15 is 0 Å². The number of benzene rings is 2. The van der Waals surface area contributed by atoms with Gasteiger partial charge in [0.25, 0.3) is 0 Å². The number of Topliss-reactive ketones (excluding diaryl/α,β-unsaturated/α-hetero) is 1. The van der Waals surface area contributed by atoms with Crippen molar-refractivity contribution in [3.63, 3.8) is 0 Å². The third-order valence-corrected chi connectivity index (χ3v) is 2.96. The Hall–Kier alpha value is -2.42. The number of aromatic nitrogens is 2. The van der Waals surface area contributed by atoms with Crippen LogP contribution in [0, 0.1) is 0 Å². The highest BCUT2D eigenvalue weighted by Crippen LogP contribution is 2.16. The Kier molecular flexibility index (Phi) is 2.65. The van der Waals surface area contributed by atoms with E-state index in [0.717, 1.165) is 16.3 Å². The van der Waals surface area contributed by atoms with Gasteiger partial charge < -0.3 is 4.57 Å². The van der Waals surface area contributed by atoms with Crippen molar-refractivity contribution in [1.82, 2.24) is 9.55 Å². The van der Waals surface area contributed by atoms with Crippen LogP contribution in [-0.2, 0) is 6.54 Å². The first-order valence-electron chi connectivity index (χ1n) is 5.81. The van der Waals surface area contributed by atoms with Crippen LogP contribution in [0.15, 0.2) is 61.2 Å². The summed E-state index contributed by atoms with van der Waals surface area (Å²) in [6, 6.07) is 13.8. The van der Waals surface area contributed by atoms with Gasteiger partial charge in [0.1, 0.15) is 0 Å². The number of hydrogen-bond acceptors (Lipinski definition) is 2. The molecule has 3 rings (SSSR count). The van der Waals surface area contributed by atoms with E-state index in [9.17, 15) is 4.79 Å². The summed E-state index contributed by atoms with van der Waals surface area (Å²) in [7, 11) is 0. The Morgan fingerprint density at radius 3 is 2.72 bits per heavy atom. The van der Waals surface area contributed by atoms with Gasteiger partial charge in [0, 0.05) is 18.0 Å². The van der Waals surface area contributed by atoms with Gasteiger partial charge in [0.05, 0.1) is 12.9 Å². The van der Waals surface area contributed by atoms with E-state index in [1.165, 1.54) is 0 Å². The van der Waals surface area contributed by atoms with Crippen LogP contribution in [0.3, 0.4) is 0 Å². The zero-order chi connectivity index (χ0) is 12.4. The van der Waals surface area contributed by atoms with Crippen molar-refractivity contribution < 1.29 is 4.79 Å². The van der Waals surface area contributed by atoms with Gasteiger partial charge >= 0.3 is 0 Å². The maximum atomic E-state index is 12.1. The summed E-state index contributed by atoms with van der Waals surface area (Å²) in [4.78, 5) is 16.0. The summed E-state index contributed by atoms with van der Waals surface area (Å²) < 4.78 is 1.78. The fourth-order valence-electron chi connectivity index (χ4n) is 2.00. The van der Waals surface area contributed by atoms with Crippen LogP contribution in [0.1, 0.15) is 10.4 Å². The highest BCUT2D eigenvalue weighted by atomic mass is 16.1. The molecule has 0 fully saturated rings. The molecule has 3 heteroatoms. The molecule has 0 aliphatic carbocycles. The Bertz CT molecular complexity index is 687. The molecule has 2 aromatic carbocycles. The van der Waals surface area contributed by atoms with Gasteiger partial charge in [0.2, 0.25) is 0 Å². The normalized spacial score (nSPS) is 10.7. The monoisotopic (exact) mass is 236 g/mol. The topological polar surface area (TPSA) is 34.9 Å². The van der Waals surface area contributed by atoms with E-state index in [4.69, 9.17) is 0 Å². The molecule has 1 aromatic heterocycles. The molecule has 18 heavy (non-hydrogen) atoms. The molecule has 0 aliphatic rings. The SMILES string of the molecule is O=C(Cn1ccnc1)c1ccc2ccccc2c1. The zero-order valence-electron chi connectivity index (χ0n) is 9.78. The van der Waals surface area contributed by atoms with E-state index < -0.39 is 0 Å². The van der Waals surface area contributed by atoms with Crippen molar-refractivity contribution in [1.29, 1.82) is 0 Å². The number of ketones is 1. The minimum absolute atomic E-state index is 0.0961. The Morgan fingerprint density at radius 1 is 1.11 bits per heavy atom. The van der Waals surface area contributed by atoms with E-state index in [-0.39, 0.29) is 5.78 Å². The molecule has 3 aromatic rings. The third-order valence-electron chi connectivity index (χ3n) is 2.96. The highest BCUT2D eigenvalue weighted by Gasteiger charge is 2.06. The van der Waals surface area contributed by atoms with Gasteiger partial charge in [-0.1, -0.05) is 36.4 Å². The van der Waals surface area contributed by atoms with Gasteiger partial charge in [-0.2, -0.15) is 0 Å². The van der Waals surface area contributed by atoms with Crippen LogP contribution in [0.4, 0.5) is 0 Å². The molecule has 3 nitrogen and oxygen atoms in total. The molecule has 0 saturated carbocycles. The molecule has 1 heterocycles. The first kappa shape index (κ1) is 10.7. The fourth-order valence-corrected chi connectivity index (χ4v) is 2.00. The molecule has 0 bridgehead atoms. The van der Waals surface area contributed by atoms with Crippen LogP contribution in [0.5, 0.6) is 0 Å². The number of nitrogens with zero attached hydrogens (tertiary/aromatic N) is 2. The van der Waals surface area contributed by atoms with E-state index in [0.29, 0.717) is 6.54 Å². The second kappa shape index (κ2) is 4.45. The minimum atomic E-state index is 0.0961. The lowest BCUT2D eigenvalue weighted by atomic mass is 10.0. The lowest BCUT2D eigenvalue weighted by Gasteiger charge is -2.04. The van der Waals surface area contributed by atoms with E-state index in [1.807, 2.05) is 42.5 Å². The van der Waals surface area contributed by atoms with Crippen molar-refractivity contribution >= 4 is 16.6 Å². The van der Waals surface area contributed by atoms with Gasteiger partial charge in [-0.15, -0.1) is 0 Å². The molecular weight excluding hydrogens is 224 g/mol.